The lowest BCUT2D eigenvalue weighted by Crippen LogP contribution is -2.35. The highest BCUT2D eigenvalue weighted by Crippen LogP contribution is 2.50. The number of ether oxygens (including phenoxy) is 1. The maximum absolute atomic E-state index is 5.96. The molecule has 1 aromatic heterocycles. The molecule has 2 fully saturated rings. The van der Waals surface area contributed by atoms with Gasteiger partial charge in [-0.25, -0.2) is 0 Å². The molecule has 2 saturated heterocycles. The van der Waals surface area contributed by atoms with Gasteiger partial charge in [-0.1, -0.05) is 30.8 Å². The van der Waals surface area contributed by atoms with Gasteiger partial charge in [0.2, 0.25) is 0 Å². The van der Waals surface area contributed by atoms with E-state index in [2.05, 4.69) is 52.0 Å². The van der Waals surface area contributed by atoms with E-state index in [-0.39, 0.29) is 12.1 Å². The summed E-state index contributed by atoms with van der Waals surface area (Å²) in [6.07, 6.45) is 6.87. The number of anilines is 1. The minimum Gasteiger partial charge on any atom is -0.496 e. The van der Waals surface area contributed by atoms with Crippen molar-refractivity contribution in [2.45, 2.75) is 50.7 Å². The van der Waals surface area contributed by atoms with Gasteiger partial charge in [0, 0.05) is 48.4 Å². The molecule has 4 heterocycles. The fourth-order valence-electron chi connectivity index (χ4n) is 4.98. The van der Waals surface area contributed by atoms with Crippen LogP contribution in [0.25, 0.3) is 0 Å². The number of amidine groups is 1. The van der Waals surface area contributed by atoms with E-state index in [9.17, 15) is 0 Å². The number of hydrogen-bond donors (Lipinski definition) is 0. The zero-order chi connectivity index (χ0) is 20.5. The van der Waals surface area contributed by atoms with E-state index < -0.39 is 0 Å². The molecule has 6 heteroatoms. The van der Waals surface area contributed by atoms with E-state index in [0.717, 1.165) is 41.9 Å². The van der Waals surface area contributed by atoms with Crippen molar-refractivity contribution < 1.29 is 4.74 Å². The molecule has 158 valence electrons. The lowest BCUT2D eigenvalue weighted by molar-refractivity contribution is 0.249. The summed E-state index contributed by atoms with van der Waals surface area (Å²) in [5.74, 6) is 2.07. The largest absolute Gasteiger partial charge is 0.496 e. The minimum atomic E-state index is -0.00205. The molecule has 30 heavy (non-hydrogen) atoms. The smallest absolute Gasteiger partial charge is 0.160 e. The molecule has 0 saturated carbocycles. The Hall–Kier alpha value is -2.21. The molecule has 5 rings (SSSR count). The van der Waals surface area contributed by atoms with Gasteiger partial charge < -0.3 is 14.5 Å². The maximum atomic E-state index is 5.96. The minimum absolute atomic E-state index is 0.00205. The lowest BCUT2D eigenvalue weighted by atomic mass is 9.94. The van der Waals surface area contributed by atoms with Gasteiger partial charge in [0.25, 0.3) is 0 Å². The van der Waals surface area contributed by atoms with Crippen LogP contribution in [0.5, 0.6) is 5.75 Å². The summed E-state index contributed by atoms with van der Waals surface area (Å²) < 4.78 is 5.96. The highest BCUT2D eigenvalue weighted by molar-refractivity contribution is 8.14. The summed E-state index contributed by atoms with van der Waals surface area (Å²) in [7, 11) is 1.79. The van der Waals surface area contributed by atoms with Crippen LogP contribution in [0.4, 0.5) is 5.69 Å². The van der Waals surface area contributed by atoms with Gasteiger partial charge in [-0.2, -0.15) is 0 Å². The second kappa shape index (κ2) is 8.50. The van der Waals surface area contributed by atoms with Gasteiger partial charge in [-0.15, -0.1) is 0 Å². The Kier molecular flexibility index (Phi) is 5.59. The molecule has 1 aromatic carbocycles. The molecule has 5 nitrogen and oxygen atoms in total. The summed E-state index contributed by atoms with van der Waals surface area (Å²) >= 11 is 1.88. The van der Waals surface area contributed by atoms with E-state index in [1.165, 1.54) is 30.5 Å². The molecule has 0 N–H and O–H groups in total. The highest BCUT2D eigenvalue weighted by Gasteiger charge is 2.46. The molecule has 0 spiro atoms. The Morgan fingerprint density at radius 2 is 2.00 bits per heavy atom. The highest BCUT2D eigenvalue weighted by atomic mass is 32.2. The van der Waals surface area contributed by atoms with Crippen molar-refractivity contribution in [2.24, 2.45) is 4.99 Å². The number of thioether (sulfide) groups is 1. The first-order chi connectivity index (χ1) is 14.8. The molecule has 0 radical (unpaired) electrons. The van der Waals surface area contributed by atoms with Crippen molar-refractivity contribution in [1.29, 1.82) is 0 Å². The monoisotopic (exact) mass is 422 g/mol. The molecule has 0 amide bonds. The third kappa shape index (κ3) is 3.45. The van der Waals surface area contributed by atoms with Gasteiger partial charge in [0.1, 0.15) is 11.8 Å². The third-order valence-electron chi connectivity index (χ3n) is 6.59. The van der Waals surface area contributed by atoms with Crippen LogP contribution in [-0.2, 0) is 0 Å². The Bertz CT molecular complexity index is 913. The Morgan fingerprint density at radius 3 is 2.73 bits per heavy atom. The predicted molar refractivity (Wildman–Crippen MR) is 125 cm³/mol. The second-order valence-corrected chi connectivity index (χ2v) is 9.30. The summed E-state index contributed by atoms with van der Waals surface area (Å²) in [5.41, 5.74) is 3.52. The van der Waals surface area contributed by atoms with Crippen LogP contribution >= 0.6 is 11.8 Å². The average molecular weight is 423 g/mol. The maximum Gasteiger partial charge on any atom is 0.160 e. The third-order valence-corrected chi connectivity index (χ3v) is 7.71. The zero-order valence-corrected chi connectivity index (χ0v) is 18.6. The first kappa shape index (κ1) is 19.7. The fourth-order valence-corrected chi connectivity index (χ4v) is 6.32. The van der Waals surface area contributed by atoms with Crippen molar-refractivity contribution in [3.05, 3.63) is 53.9 Å². The van der Waals surface area contributed by atoms with E-state index in [0.29, 0.717) is 6.04 Å². The van der Waals surface area contributed by atoms with Crippen LogP contribution in [0.1, 0.15) is 55.9 Å². The number of aromatic nitrogens is 1. The molecule has 2 aromatic rings. The Morgan fingerprint density at radius 1 is 1.13 bits per heavy atom. The van der Waals surface area contributed by atoms with Crippen LogP contribution in [0, 0.1) is 0 Å². The number of aliphatic imine (C=N–C) groups is 1. The van der Waals surface area contributed by atoms with Crippen molar-refractivity contribution >= 4 is 22.6 Å². The van der Waals surface area contributed by atoms with Gasteiger partial charge in [-0.05, 0) is 43.9 Å². The lowest BCUT2D eigenvalue weighted by Gasteiger charge is -2.34. The molecule has 3 unspecified atom stereocenters. The SMILES string of the molecule is CCC1CSC2=NC(c3ccccn3)C(c3ccc(N4CCCCC4)cc3OC)N21. The molecule has 0 aliphatic carbocycles. The van der Waals surface area contributed by atoms with E-state index in [1.54, 1.807) is 7.11 Å². The molecule has 3 aliphatic rings. The van der Waals surface area contributed by atoms with Gasteiger partial charge >= 0.3 is 0 Å². The summed E-state index contributed by atoms with van der Waals surface area (Å²) in [5, 5.41) is 1.16. The van der Waals surface area contributed by atoms with Crippen molar-refractivity contribution in [3.8, 4) is 5.75 Å². The van der Waals surface area contributed by atoms with Crippen LogP contribution in [-0.4, -0.2) is 47.0 Å². The summed E-state index contributed by atoms with van der Waals surface area (Å²) in [4.78, 5) is 14.8. The zero-order valence-electron chi connectivity index (χ0n) is 17.8. The Labute approximate surface area is 183 Å². The van der Waals surface area contributed by atoms with Crippen LogP contribution in [0.15, 0.2) is 47.6 Å². The number of fused-ring (bicyclic) bond motifs is 1. The number of rotatable bonds is 5. The van der Waals surface area contributed by atoms with E-state index >= 15 is 0 Å². The molecular weight excluding hydrogens is 392 g/mol. The topological polar surface area (TPSA) is 41.0 Å². The van der Waals surface area contributed by atoms with Crippen LogP contribution in [0.2, 0.25) is 0 Å². The molecule has 3 aliphatic heterocycles. The van der Waals surface area contributed by atoms with Crippen molar-refractivity contribution in [1.82, 2.24) is 9.88 Å². The molecule has 0 bridgehead atoms. The normalized spacial score (nSPS) is 25.9. The standard InChI is InChI=1S/C24H30N4OS/c1-3-17-16-30-24-26-22(20-9-5-6-12-25-20)23(28(17)24)19-11-10-18(15-21(19)29-2)27-13-7-4-8-14-27/h5-6,9-12,15,17,22-23H,3-4,7-8,13-14,16H2,1-2H3. The second-order valence-electron chi connectivity index (χ2n) is 8.31. The van der Waals surface area contributed by atoms with Crippen LogP contribution in [0.3, 0.4) is 0 Å². The average Bonchev–Trinajstić information content (AvgIpc) is 3.39. The number of methoxy groups -OCH3 is 1. The van der Waals surface area contributed by atoms with E-state index in [4.69, 9.17) is 9.73 Å². The fraction of sp³-hybridized carbons (Fsp3) is 0.500. The first-order valence-electron chi connectivity index (χ1n) is 11.1. The number of piperidine rings is 1. The van der Waals surface area contributed by atoms with Gasteiger partial charge in [-0.3, -0.25) is 9.98 Å². The summed E-state index contributed by atoms with van der Waals surface area (Å²) in [6, 6.07) is 13.5. The summed E-state index contributed by atoms with van der Waals surface area (Å²) in [6.45, 7) is 4.54. The van der Waals surface area contributed by atoms with Crippen molar-refractivity contribution in [3.63, 3.8) is 0 Å². The molecular formula is C24H30N4OS. The Balaban J connectivity index is 1.55. The quantitative estimate of drug-likeness (QED) is 0.674. The number of pyridine rings is 1. The number of hydrogen-bond acceptors (Lipinski definition) is 6. The van der Waals surface area contributed by atoms with Gasteiger partial charge in [0.15, 0.2) is 5.17 Å². The van der Waals surface area contributed by atoms with Crippen LogP contribution < -0.4 is 9.64 Å². The predicted octanol–water partition coefficient (Wildman–Crippen LogP) is 5.06. The van der Waals surface area contributed by atoms with Gasteiger partial charge in [0.05, 0.1) is 18.8 Å². The molecule has 3 atom stereocenters. The number of benzene rings is 1. The van der Waals surface area contributed by atoms with Crippen molar-refractivity contribution in [2.75, 3.05) is 30.9 Å². The number of nitrogens with zero attached hydrogens (tertiary/aromatic N) is 4. The van der Waals surface area contributed by atoms with E-state index in [1.807, 2.05) is 24.0 Å². The first-order valence-corrected chi connectivity index (χ1v) is 12.1.